The number of nitrogens with one attached hydrogen (secondary N) is 2. The number of nitrogens with zero attached hydrogens (tertiary/aromatic N) is 3. The molecule has 8 nitrogen and oxygen atoms in total. The molecular weight excluding hydrogens is 358 g/mol. The van der Waals surface area contributed by atoms with Crippen molar-refractivity contribution in [2.24, 2.45) is 0 Å². The first kappa shape index (κ1) is 20.2. The highest BCUT2D eigenvalue weighted by Gasteiger charge is 2.10. The molecule has 28 heavy (non-hydrogen) atoms. The molecule has 0 bridgehead atoms. The van der Waals surface area contributed by atoms with Gasteiger partial charge in [0.15, 0.2) is 11.5 Å². The Morgan fingerprint density at radius 3 is 2.57 bits per heavy atom. The molecule has 1 saturated heterocycles. The number of ether oxygens (including phenoxy) is 3. The number of rotatable bonds is 9. The number of aryl methyl sites for hydroxylation is 1. The normalized spacial score (nSPS) is 14.5. The van der Waals surface area contributed by atoms with E-state index in [1.807, 2.05) is 31.2 Å². The van der Waals surface area contributed by atoms with Crippen LogP contribution in [0.25, 0.3) is 0 Å². The quantitative estimate of drug-likeness (QED) is 0.678. The van der Waals surface area contributed by atoms with Gasteiger partial charge in [-0.15, -0.1) is 0 Å². The number of hydrogen-bond donors (Lipinski definition) is 2. The molecule has 2 heterocycles. The van der Waals surface area contributed by atoms with Crippen LogP contribution in [0.3, 0.4) is 0 Å². The smallest absolute Gasteiger partial charge is 0.224 e. The monoisotopic (exact) mass is 387 g/mol. The van der Waals surface area contributed by atoms with Crippen molar-refractivity contribution in [2.45, 2.75) is 13.5 Å². The molecule has 2 N–H and O–H groups in total. The van der Waals surface area contributed by atoms with Crippen LogP contribution < -0.4 is 20.1 Å². The SMILES string of the molecule is COc1ccc(CNc2cc(C)nc(NCCN3CCOCC3)n2)cc1OC. The second-order valence-corrected chi connectivity index (χ2v) is 6.64. The van der Waals surface area contributed by atoms with Crippen LogP contribution >= 0.6 is 0 Å². The molecule has 0 spiro atoms. The maximum atomic E-state index is 5.38. The lowest BCUT2D eigenvalue weighted by molar-refractivity contribution is 0.0398. The van der Waals surface area contributed by atoms with Crippen molar-refractivity contribution in [1.82, 2.24) is 14.9 Å². The summed E-state index contributed by atoms with van der Waals surface area (Å²) in [5.74, 6) is 2.86. The molecule has 152 valence electrons. The van der Waals surface area contributed by atoms with Gasteiger partial charge >= 0.3 is 0 Å². The van der Waals surface area contributed by atoms with Crippen molar-refractivity contribution in [2.75, 3.05) is 64.2 Å². The molecule has 0 amide bonds. The summed E-state index contributed by atoms with van der Waals surface area (Å²) in [6.07, 6.45) is 0. The second-order valence-electron chi connectivity index (χ2n) is 6.64. The Bertz CT molecular complexity index is 766. The lowest BCUT2D eigenvalue weighted by atomic mass is 10.2. The molecule has 1 aromatic carbocycles. The van der Waals surface area contributed by atoms with E-state index in [1.54, 1.807) is 14.2 Å². The molecule has 1 aliphatic rings. The summed E-state index contributed by atoms with van der Waals surface area (Å²) in [5.41, 5.74) is 1.99. The van der Waals surface area contributed by atoms with Gasteiger partial charge in [-0.1, -0.05) is 6.07 Å². The number of aromatic nitrogens is 2. The molecule has 0 saturated carbocycles. The van der Waals surface area contributed by atoms with E-state index in [2.05, 4.69) is 25.5 Å². The zero-order valence-electron chi connectivity index (χ0n) is 16.8. The van der Waals surface area contributed by atoms with Crippen molar-refractivity contribution in [3.05, 3.63) is 35.5 Å². The van der Waals surface area contributed by atoms with Crippen LogP contribution in [0, 0.1) is 6.92 Å². The largest absolute Gasteiger partial charge is 0.493 e. The lowest BCUT2D eigenvalue weighted by Gasteiger charge is -2.26. The predicted molar refractivity (Wildman–Crippen MR) is 109 cm³/mol. The first-order valence-electron chi connectivity index (χ1n) is 9.52. The molecule has 0 radical (unpaired) electrons. The Kier molecular flexibility index (Phi) is 7.27. The van der Waals surface area contributed by atoms with Crippen molar-refractivity contribution in [3.8, 4) is 11.5 Å². The number of morpholine rings is 1. The fraction of sp³-hybridized carbons (Fsp3) is 0.500. The highest BCUT2D eigenvalue weighted by atomic mass is 16.5. The van der Waals surface area contributed by atoms with Gasteiger partial charge in [-0.05, 0) is 24.6 Å². The van der Waals surface area contributed by atoms with Gasteiger partial charge in [0.05, 0.1) is 27.4 Å². The predicted octanol–water partition coefficient (Wildman–Crippen LogP) is 2.16. The summed E-state index contributed by atoms with van der Waals surface area (Å²) in [7, 11) is 3.27. The first-order valence-corrected chi connectivity index (χ1v) is 9.52. The Morgan fingerprint density at radius 2 is 1.82 bits per heavy atom. The maximum Gasteiger partial charge on any atom is 0.224 e. The molecule has 0 unspecified atom stereocenters. The Labute approximate surface area is 166 Å². The van der Waals surface area contributed by atoms with E-state index in [0.29, 0.717) is 18.2 Å². The third kappa shape index (κ3) is 5.71. The molecule has 3 rings (SSSR count). The minimum atomic E-state index is 0.629. The number of anilines is 2. The zero-order chi connectivity index (χ0) is 19.8. The van der Waals surface area contributed by atoms with Gasteiger partial charge in [0.2, 0.25) is 5.95 Å². The van der Waals surface area contributed by atoms with Gasteiger partial charge in [0.25, 0.3) is 0 Å². The average Bonchev–Trinajstić information content (AvgIpc) is 2.72. The Balaban J connectivity index is 1.55. The summed E-state index contributed by atoms with van der Waals surface area (Å²) < 4.78 is 16.0. The number of methoxy groups -OCH3 is 2. The van der Waals surface area contributed by atoms with Crippen molar-refractivity contribution >= 4 is 11.8 Å². The van der Waals surface area contributed by atoms with Gasteiger partial charge < -0.3 is 24.8 Å². The molecule has 8 heteroatoms. The number of hydrogen-bond acceptors (Lipinski definition) is 8. The molecular formula is C20H29N5O3. The minimum Gasteiger partial charge on any atom is -0.493 e. The van der Waals surface area contributed by atoms with Crippen LogP contribution in [0.15, 0.2) is 24.3 Å². The number of benzene rings is 1. The third-order valence-electron chi connectivity index (χ3n) is 4.59. The Hall–Kier alpha value is -2.58. The standard InChI is InChI=1S/C20H29N5O3/c1-15-12-19(22-14-16-4-5-17(26-2)18(13-16)27-3)24-20(23-15)21-6-7-25-8-10-28-11-9-25/h4-5,12-13H,6-11,14H2,1-3H3,(H2,21,22,23,24). The van der Waals surface area contributed by atoms with Crippen molar-refractivity contribution < 1.29 is 14.2 Å². The van der Waals surface area contributed by atoms with Gasteiger partial charge in [0.1, 0.15) is 5.82 Å². The van der Waals surface area contributed by atoms with Crippen LogP contribution in [0.4, 0.5) is 11.8 Å². The fourth-order valence-corrected chi connectivity index (χ4v) is 3.07. The summed E-state index contributed by atoms with van der Waals surface area (Å²) >= 11 is 0. The third-order valence-corrected chi connectivity index (χ3v) is 4.59. The second kappa shape index (κ2) is 10.1. The molecule has 1 fully saturated rings. The van der Waals surface area contributed by atoms with Crippen LogP contribution in [0.1, 0.15) is 11.3 Å². The lowest BCUT2D eigenvalue weighted by Crippen LogP contribution is -2.39. The molecule has 1 aromatic heterocycles. The van der Waals surface area contributed by atoms with Crippen molar-refractivity contribution in [3.63, 3.8) is 0 Å². The van der Waals surface area contributed by atoms with Gasteiger partial charge in [-0.25, -0.2) is 4.98 Å². The summed E-state index contributed by atoms with van der Waals surface area (Å²) in [4.78, 5) is 11.4. The molecule has 1 aliphatic heterocycles. The van der Waals surface area contributed by atoms with E-state index in [-0.39, 0.29) is 0 Å². The van der Waals surface area contributed by atoms with E-state index in [4.69, 9.17) is 14.2 Å². The maximum absolute atomic E-state index is 5.38. The molecule has 0 aliphatic carbocycles. The van der Waals surface area contributed by atoms with E-state index in [0.717, 1.165) is 62.2 Å². The van der Waals surface area contributed by atoms with E-state index in [9.17, 15) is 0 Å². The Morgan fingerprint density at radius 1 is 1.04 bits per heavy atom. The first-order chi connectivity index (χ1) is 13.7. The van der Waals surface area contributed by atoms with Crippen LogP contribution in [-0.2, 0) is 11.3 Å². The fourth-order valence-electron chi connectivity index (χ4n) is 3.07. The van der Waals surface area contributed by atoms with E-state index >= 15 is 0 Å². The van der Waals surface area contributed by atoms with Crippen LogP contribution in [-0.4, -0.2) is 68.5 Å². The van der Waals surface area contributed by atoms with Gasteiger partial charge in [-0.2, -0.15) is 4.98 Å². The van der Waals surface area contributed by atoms with E-state index in [1.165, 1.54) is 0 Å². The van der Waals surface area contributed by atoms with Gasteiger partial charge in [0, 0.05) is 44.5 Å². The highest BCUT2D eigenvalue weighted by Crippen LogP contribution is 2.27. The molecule has 0 atom stereocenters. The minimum absolute atomic E-state index is 0.629. The summed E-state index contributed by atoms with van der Waals surface area (Å²) in [6.45, 7) is 7.94. The topological polar surface area (TPSA) is 80.8 Å². The summed E-state index contributed by atoms with van der Waals surface area (Å²) in [5, 5.41) is 6.68. The van der Waals surface area contributed by atoms with Crippen LogP contribution in [0.2, 0.25) is 0 Å². The zero-order valence-corrected chi connectivity index (χ0v) is 16.8. The molecule has 2 aromatic rings. The highest BCUT2D eigenvalue weighted by molar-refractivity contribution is 5.46. The van der Waals surface area contributed by atoms with Crippen molar-refractivity contribution in [1.29, 1.82) is 0 Å². The average molecular weight is 387 g/mol. The van der Waals surface area contributed by atoms with E-state index < -0.39 is 0 Å². The summed E-state index contributed by atoms with van der Waals surface area (Å²) in [6, 6.07) is 7.80. The van der Waals surface area contributed by atoms with Gasteiger partial charge in [-0.3, -0.25) is 4.90 Å². The van der Waals surface area contributed by atoms with Crippen LogP contribution in [0.5, 0.6) is 11.5 Å².